The van der Waals surface area contributed by atoms with Crippen LogP contribution in [0.5, 0.6) is 0 Å². The van der Waals surface area contributed by atoms with Crippen molar-refractivity contribution in [2.75, 3.05) is 20.7 Å². The molecule has 0 aliphatic rings. The van der Waals surface area contributed by atoms with E-state index in [4.69, 9.17) is 0 Å². The fourth-order valence-corrected chi connectivity index (χ4v) is 1.90. The van der Waals surface area contributed by atoms with E-state index in [2.05, 4.69) is 9.72 Å². The Morgan fingerprint density at radius 2 is 2.43 bits per heavy atom. The smallest absolute Gasteiger partial charge is 0.319 e. The summed E-state index contributed by atoms with van der Waals surface area (Å²) in [5, 5.41) is 3.02. The standard InChI is InChI=1S/C9H14N2O2S/c1-7-6-14-8(10-7)4-11(2)5-9(12)13-3/h6H,4-5H2,1-3H3. The van der Waals surface area contributed by atoms with Crippen LogP contribution in [-0.2, 0) is 16.1 Å². The zero-order valence-electron chi connectivity index (χ0n) is 8.61. The molecule has 1 aromatic heterocycles. The van der Waals surface area contributed by atoms with Crippen LogP contribution in [0.25, 0.3) is 0 Å². The van der Waals surface area contributed by atoms with Crippen LogP contribution in [0.4, 0.5) is 0 Å². The Hall–Kier alpha value is -0.940. The predicted octanol–water partition coefficient (Wildman–Crippen LogP) is 1.06. The molecule has 78 valence electrons. The molecular weight excluding hydrogens is 200 g/mol. The van der Waals surface area contributed by atoms with Gasteiger partial charge in [0.15, 0.2) is 0 Å². The Morgan fingerprint density at radius 1 is 1.71 bits per heavy atom. The molecule has 1 heterocycles. The average Bonchev–Trinajstić information content (AvgIpc) is 2.50. The van der Waals surface area contributed by atoms with Gasteiger partial charge >= 0.3 is 5.97 Å². The lowest BCUT2D eigenvalue weighted by atomic mass is 10.5. The molecule has 0 N–H and O–H groups in total. The number of methoxy groups -OCH3 is 1. The summed E-state index contributed by atoms with van der Waals surface area (Å²) in [5.41, 5.74) is 1.02. The van der Waals surface area contributed by atoms with Crippen LogP contribution in [0.1, 0.15) is 10.7 Å². The van der Waals surface area contributed by atoms with E-state index >= 15 is 0 Å². The van der Waals surface area contributed by atoms with Crippen molar-refractivity contribution >= 4 is 17.3 Å². The monoisotopic (exact) mass is 214 g/mol. The maximum Gasteiger partial charge on any atom is 0.319 e. The van der Waals surface area contributed by atoms with E-state index in [9.17, 15) is 4.79 Å². The molecule has 1 rings (SSSR count). The van der Waals surface area contributed by atoms with Crippen LogP contribution >= 0.6 is 11.3 Å². The first-order chi connectivity index (χ1) is 6.61. The fraction of sp³-hybridized carbons (Fsp3) is 0.556. The van der Waals surface area contributed by atoms with Crippen LogP contribution in [0.3, 0.4) is 0 Å². The highest BCUT2D eigenvalue weighted by Crippen LogP contribution is 2.10. The van der Waals surface area contributed by atoms with Crippen LogP contribution in [-0.4, -0.2) is 36.6 Å². The highest BCUT2D eigenvalue weighted by atomic mass is 32.1. The third-order valence-corrected chi connectivity index (χ3v) is 2.65. The number of esters is 1. The second-order valence-electron chi connectivity index (χ2n) is 3.13. The van der Waals surface area contributed by atoms with Crippen LogP contribution in [0.2, 0.25) is 0 Å². The Kier molecular flexibility index (Phi) is 4.03. The first-order valence-corrected chi connectivity index (χ1v) is 5.16. The second-order valence-corrected chi connectivity index (χ2v) is 4.07. The normalized spacial score (nSPS) is 10.6. The first-order valence-electron chi connectivity index (χ1n) is 4.28. The maximum atomic E-state index is 10.9. The van der Waals surface area contributed by atoms with Gasteiger partial charge in [-0.25, -0.2) is 4.98 Å². The number of aromatic nitrogens is 1. The Bertz CT molecular complexity index is 312. The van der Waals surface area contributed by atoms with Crippen molar-refractivity contribution < 1.29 is 9.53 Å². The van der Waals surface area contributed by atoms with Gasteiger partial charge in [-0.3, -0.25) is 9.69 Å². The Morgan fingerprint density at radius 3 is 2.93 bits per heavy atom. The van der Waals surface area contributed by atoms with E-state index in [0.29, 0.717) is 13.1 Å². The summed E-state index contributed by atoms with van der Waals surface area (Å²) in [7, 11) is 3.26. The molecule has 1 aromatic rings. The summed E-state index contributed by atoms with van der Waals surface area (Å²) in [6.07, 6.45) is 0. The quantitative estimate of drug-likeness (QED) is 0.703. The van der Waals surface area contributed by atoms with E-state index in [1.807, 2.05) is 24.3 Å². The highest BCUT2D eigenvalue weighted by Gasteiger charge is 2.08. The Labute approximate surface area is 87.5 Å². The highest BCUT2D eigenvalue weighted by molar-refractivity contribution is 7.09. The van der Waals surface area contributed by atoms with Gasteiger partial charge in [-0.1, -0.05) is 0 Å². The van der Waals surface area contributed by atoms with Crippen molar-refractivity contribution in [1.29, 1.82) is 0 Å². The summed E-state index contributed by atoms with van der Waals surface area (Å²) in [6.45, 7) is 2.95. The van der Waals surface area contributed by atoms with Crippen molar-refractivity contribution in [3.8, 4) is 0 Å². The topological polar surface area (TPSA) is 42.4 Å². The van der Waals surface area contributed by atoms with E-state index in [-0.39, 0.29) is 5.97 Å². The second kappa shape index (κ2) is 5.07. The van der Waals surface area contributed by atoms with E-state index in [0.717, 1.165) is 10.7 Å². The molecule has 0 spiro atoms. The maximum absolute atomic E-state index is 10.9. The molecule has 0 saturated heterocycles. The molecule has 0 unspecified atom stereocenters. The van der Waals surface area contributed by atoms with Gasteiger partial charge in [0.2, 0.25) is 0 Å². The van der Waals surface area contributed by atoms with Crippen molar-refractivity contribution in [2.45, 2.75) is 13.5 Å². The molecule has 14 heavy (non-hydrogen) atoms. The van der Waals surface area contributed by atoms with Gasteiger partial charge in [0.05, 0.1) is 20.2 Å². The molecule has 0 aliphatic carbocycles. The third-order valence-electron chi connectivity index (χ3n) is 1.70. The van der Waals surface area contributed by atoms with Gasteiger partial charge in [0, 0.05) is 11.1 Å². The van der Waals surface area contributed by atoms with Gasteiger partial charge in [-0.2, -0.15) is 0 Å². The lowest BCUT2D eigenvalue weighted by Crippen LogP contribution is -2.26. The minimum atomic E-state index is -0.222. The number of nitrogens with zero attached hydrogens (tertiary/aromatic N) is 2. The molecule has 0 radical (unpaired) electrons. The molecule has 0 atom stereocenters. The number of rotatable bonds is 4. The number of carbonyl (C=O) groups excluding carboxylic acids is 1. The summed E-state index contributed by atoms with van der Waals surface area (Å²) >= 11 is 1.61. The Balaban J connectivity index is 2.41. The van der Waals surface area contributed by atoms with Crippen LogP contribution in [0, 0.1) is 6.92 Å². The molecular formula is C9H14N2O2S. The lowest BCUT2D eigenvalue weighted by molar-refractivity contribution is -0.141. The number of hydrogen-bond donors (Lipinski definition) is 0. The number of hydrogen-bond acceptors (Lipinski definition) is 5. The molecule has 0 aromatic carbocycles. The number of thiazole rings is 1. The minimum absolute atomic E-state index is 0.222. The predicted molar refractivity (Wildman–Crippen MR) is 55.2 cm³/mol. The zero-order chi connectivity index (χ0) is 10.6. The molecule has 0 bridgehead atoms. The molecule has 5 heteroatoms. The van der Waals surface area contributed by atoms with E-state index < -0.39 is 0 Å². The van der Waals surface area contributed by atoms with Gasteiger partial charge in [-0.15, -0.1) is 11.3 Å². The summed E-state index contributed by atoms with van der Waals surface area (Å²) < 4.78 is 4.57. The van der Waals surface area contributed by atoms with Gasteiger partial charge < -0.3 is 4.74 Å². The summed E-state index contributed by atoms with van der Waals surface area (Å²) in [5.74, 6) is -0.222. The van der Waals surface area contributed by atoms with Gasteiger partial charge in [0.1, 0.15) is 5.01 Å². The molecule has 0 amide bonds. The number of likely N-dealkylation sites (N-methyl/N-ethyl adjacent to an activating group) is 1. The summed E-state index contributed by atoms with van der Waals surface area (Å²) in [6, 6.07) is 0. The molecule has 4 nitrogen and oxygen atoms in total. The molecule has 0 saturated carbocycles. The first kappa shape index (κ1) is 11.1. The number of carbonyl (C=O) groups is 1. The van der Waals surface area contributed by atoms with Crippen molar-refractivity contribution in [2.24, 2.45) is 0 Å². The average molecular weight is 214 g/mol. The SMILES string of the molecule is COC(=O)CN(C)Cc1nc(C)cs1. The summed E-state index contributed by atoms with van der Waals surface area (Å²) in [4.78, 5) is 17.1. The van der Waals surface area contributed by atoms with E-state index in [1.54, 1.807) is 11.3 Å². The zero-order valence-corrected chi connectivity index (χ0v) is 9.43. The van der Waals surface area contributed by atoms with Crippen molar-refractivity contribution in [1.82, 2.24) is 9.88 Å². The largest absolute Gasteiger partial charge is 0.468 e. The van der Waals surface area contributed by atoms with Crippen LogP contribution in [0.15, 0.2) is 5.38 Å². The fourth-order valence-electron chi connectivity index (χ4n) is 1.05. The van der Waals surface area contributed by atoms with Crippen molar-refractivity contribution in [3.05, 3.63) is 16.1 Å². The number of aryl methyl sites for hydroxylation is 1. The molecule has 0 aliphatic heterocycles. The lowest BCUT2D eigenvalue weighted by Gasteiger charge is -2.12. The van der Waals surface area contributed by atoms with Crippen molar-refractivity contribution in [3.63, 3.8) is 0 Å². The minimum Gasteiger partial charge on any atom is -0.468 e. The number of ether oxygens (including phenoxy) is 1. The van der Waals surface area contributed by atoms with Gasteiger partial charge in [-0.05, 0) is 14.0 Å². The van der Waals surface area contributed by atoms with Crippen LogP contribution < -0.4 is 0 Å². The van der Waals surface area contributed by atoms with Gasteiger partial charge in [0.25, 0.3) is 0 Å². The third kappa shape index (κ3) is 3.43. The molecule has 0 fully saturated rings. The van der Waals surface area contributed by atoms with E-state index in [1.165, 1.54) is 7.11 Å².